The number of hydrogen-bond donors (Lipinski definition) is 1. The summed E-state index contributed by atoms with van der Waals surface area (Å²) in [4.78, 5) is 11.7. The molecule has 0 spiro atoms. The second-order valence-electron chi connectivity index (χ2n) is 3.34. The minimum Gasteiger partial charge on any atom is -0.315 e. The fraction of sp³-hybridized carbons (Fsp3) is 0.300. The number of carbonyl (C=O) groups is 1. The SMILES string of the molecule is O=C(c1cc(Br)ccc1F)C1CNC1. The zero-order valence-electron chi connectivity index (χ0n) is 7.39. The number of carbonyl (C=O) groups excluding carboxylic acids is 1. The van der Waals surface area contributed by atoms with E-state index in [1.807, 2.05) is 0 Å². The van der Waals surface area contributed by atoms with E-state index in [0.29, 0.717) is 13.1 Å². The van der Waals surface area contributed by atoms with Crippen molar-refractivity contribution in [3.8, 4) is 0 Å². The van der Waals surface area contributed by atoms with Crippen molar-refractivity contribution in [2.24, 2.45) is 5.92 Å². The summed E-state index contributed by atoms with van der Waals surface area (Å²) >= 11 is 3.22. The van der Waals surface area contributed by atoms with Crippen molar-refractivity contribution in [2.45, 2.75) is 0 Å². The van der Waals surface area contributed by atoms with Crippen LogP contribution in [0.25, 0.3) is 0 Å². The van der Waals surface area contributed by atoms with Gasteiger partial charge in [0.25, 0.3) is 0 Å². The Hall–Kier alpha value is -0.740. The summed E-state index contributed by atoms with van der Waals surface area (Å²) < 4.78 is 14.0. The number of nitrogens with one attached hydrogen (secondary N) is 1. The van der Waals surface area contributed by atoms with Crippen molar-refractivity contribution in [1.29, 1.82) is 0 Å². The van der Waals surface area contributed by atoms with E-state index in [0.717, 1.165) is 4.47 Å². The van der Waals surface area contributed by atoms with E-state index < -0.39 is 5.82 Å². The molecule has 1 N–H and O–H groups in total. The lowest BCUT2D eigenvalue weighted by atomic mass is 9.92. The van der Waals surface area contributed by atoms with E-state index in [1.165, 1.54) is 12.1 Å². The number of hydrogen-bond acceptors (Lipinski definition) is 2. The second kappa shape index (κ2) is 3.79. The summed E-state index contributed by atoms with van der Waals surface area (Å²) in [5, 5.41) is 2.99. The highest BCUT2D eigenvalue weighted by Gasteiger charge is 2.27. The predicted octanol–water partition coefficient (Wildman–Crippen LogP) is 1.99. The zero-order chi connectivity index (χ0) is 10.1. The van der Waals surface area contributed by atoms with Crippen LogP contribution in [0.1, 0.15) is 10.4 Å². The molecule has 0 aromatic heterocycles. The molecule has 0 unspecified atom stereocenters. The van der Waals surface area contributed by atoms with Gasteiger partial charge < -0.3 is 5.32 Å². The van der Waals surface area contributed by atoms with Crippen LogP contribution in [0.15, 0.2) is 22.7 Å². The van der Waals surface area contributed by atoms with Gasteiger partial charge in [-0.1, -0.05) is 15.9 Å². The molecule has 74 valence electrons. The van der Waals surface area contributed by atoms with Crippen molar-refractivity contribution in [3.05, 3.63) is 34.1 Å². The molecule has 1 aromatic carbocycles. The standard InChI is InChI=1S/C10H9BrFNO/c11-7-1-2-9(12)8(3-7)10(14)6-4-13-5-6/h1-3,6,13H,4-5H2. The molecule has 4 heteroatoms. The smallest absolute Gasteiger partial charge is 0.171 e. The first-order valence-corrected chi connectivity index (χ1v) is 5.18. The van der Waals surface area contributed by atoms with Crippen LogP contribution in [0.4, 0.5) is 4.39 Å². The first-order chi connectivity index (χ1) is 6.68. The third-order valence-corrected chi connectivity index (χ3v) is 2.84. The summed E-state index contributed by atoms with van der Waals surface area (Å²) in [6.07, 6.45) is 0. The molecule has 2 nitrogen and oxygen atoms in total. The molecule has 1 aliphatic heterocycles. The van der Waals surface area contributed by atoms with Gasteiger partial charge in [-0.15, -0.1) is 0 Å². The van der Waals surface area contributed by atoms with Crippen LogP contribution in [0, 0.1) is 11.7 Å². The quantitative estimate of drug-likeness (QED) is 0.822. The lowest BCUT2D eigenvalue weighted by molar-refractivity contribution is 0.0874. The summed E-state index contributed by atoms with van der Waals surface area (Å²) in [6, 6.07) is 4.44. The summed E-state index contributed by atoms with van der Waals surface area (Å²) in [6.45, 7) is 1.32. The maximum absolute atomic E-state index is 13.3. The first-order valence-electron chi connectivity index (χ1n) is 4.38. The number of ketones is 1. The third kappa shape index (κ3) is 1.72. The molecular weight excluding hydrogens is 249 g/mol. The monoisotopic (exact) mass is 257 g/mol. The van der Waals surface area contributed by atoms with E-state index in [4.69, 9.17) is 0 Å². The van der Waals surface area contributed by atoms with Crippen molar-refractivity contribution >= 4 is 21.7 Å². The van der Waals surface area contributed by atoms with E-state index in [2.05, 4.69) is 21.2 Å². The van der Waals surface area contributed by atoms with Crippen LogP contribution in [-0.4, -0.2) is 18.9 Å². The van der Waals surface area contributed by atoms with Gasteiger partial charge in [0.1, 0.15) is 5.82 Å². The van der Waals surface area contributed by atoms with Crippen LogP contribution in [0.2, 0.25) is 0 Å². The number of benzene rings is 1. The molecular formula is C10H9BrFNO. The molecule has 0 aliphatic carbocycles. The van der Waals surface area contributed by atoms with E-state index >= 15 is 0 Å². The normalized spacial score (nSPS) is 16.4. The molecule has 0 saturated carbocycles. The van der Waals surface area contributed by atoms with E-state index in [1.54, 1.807) is 6.07 Å². The Bertz CT molecular complexity index is 376. The molecule has 2 rings (SSSR count). The van der Waals surface area contributed by atoms with Crippen molar-refractivity contribution in [2.75, 3.05) is 13.1 Å². The maximum atomic E-state index is 13.3. The fourth-order valence-electron chi connectivity index (χ4n) is 1.38. The van der Waals surface area contributed by atoms with Gasteiger partial charge in [0.2, 0.25) is 0 Å². The van der Waals surface area contributed by atoms with Crippen LogP contribution in [0.3, 0.4) is 0 Å². The van der Waals surface area contributed by atoms with Gasteiger partial charge in [-0.25, -0.2) is 4.39 Å². The zero-order valence-corrected chi connectivity index (χ0v) is 8.97. The number of halogens is 2. The lowest BCUT2D eigenvalue weighted by Crippen LogP contribution is -2.46. The van der Waals surface area contributed by atoms with E-state index in [-0.39, 0.29) is 17.3 Å². The Morgan fingerprint density at radius 3 is 2.79 bits per heavy atom. The molecule has 1 saturated heterocycles. The minimum atomic E-state index is -0.440. The van der Waals surface area contributed by atoms with Crippen LogP contribution < -0.4 is 5.32 Å². The minimum absolute atomic E-state index is 0.0567. The molecule has 1 aliphatic rings. The highest BCUT2D eigenvalue weighted by molar-refractivity contribution is 9.10. The highest BCUT2D eigenvalue weighted by atomic mass is 79.9. The molecule has 1 heterocycles. The van der Waals surface area contributed by atoms with Gasteiger partial charge in [-0.3, -0.25) is 4.79 Å². The molecule has 0 amide bonds. The lowest BCUT2D eigenvalue weighted by Gasteiger charge is -2.25. The van der Waals surface area contributed by atoms with Gasteiger partial charge in [0, 0.05) is 23.5 Å². The summed E-state index contributed by atoms with van der Waals surface area (Å²) in [5.41, 5.74) is 0.186. The molecule has 14 heavy (non-hydrogen) atoms. The Balaban J connectivity index is 2.29. The summed E-state index contributed by atoms with van der Waals surface area (Å²) in [7, 11) is 0. The Kier molecular flexibility index (Phi) is 2.65. The highest BCUT2D eigenvalue weighted by Crippen LogP contribution is 2.20. The topological polar surface area (TPSA) is 29.1 Å². The van der Waals surface area contributed by atoms with Gasteiger partial charge >= 0.3 is 0 Å². The van der Waals surface area contributed by atoms with Gasteiger partial charge in [0.05, 0.1) is 5.56 Å². The van der Waals surface area contributed by atoms with Crippen LogP contribution >= 0.6 is 15.9 Å². The molecule has 1 fully saturated rings. The number of rotatable bonds is 2. The third-order valence-electron chi connectivity index (χ3n) is 2.35. The van der Waals surface area contributed by atoms with Crippen LogP contribution in [-0.2, 0) is 0 Å². The Labute approximate surface area is 89.6 Å². The fourth-order valence-corrected chi connectivity index (χ4v) is 1.74. The molecule has 0 bridgehead atoms. The van der Waals surface area contributed by atoms with Crippen LogP contribution in [0.5, 0.6) is 0 Å². The molecule has 0 radical (unpaired) electrons. The van der Waals surface area contributed by atoms with Gasteiger partial charge in [-0.2, -0.15) is 0 Å². The van der Waals surface area contributed by atoms with Crippen molar-refractivity contribution in [1.82, 2.24) is 5.32 Å². The average Bonchev–Trinajstić information content (AvgIpc) is 2.06. The second-order valence-corrected chi connectivity index (χ2v) is 4.26. The van der Waals surface area contributed by atoms with Gasteiger partial charge in [-0.05, 0) is 18.2 Å². The average molecular weight is 258 g/mol. The summed E-state index contributed by atoms with van der Waals surface area (Å²) in [5.74, 6) is -0.605. The molecule has 0 atom stereocenters. The Morgan fingerprint density at radius 1 is 1.50 bits per heavy atom. The predicted molar refractivity (Wildman–Crippen MR) is 54.8 cm³/mol. The largest absolute Gasteiger partial charge is 0.315 e. The van der Waals surface area contributed by atoms with Crippen molar-refractivity contribution in [3.63, 3.8) is 0 Å². The maximum Gasteiger partial charge on any atom is 0.171 e. The molecule has 1 aromatic rings. The van der Waals surface area contributed by atoms with Gasteiger partial charge in [0.15, 0.2) is 5.78 Å². The first kappa shape index (κ1) is 9.80. The van der Waals surface area contributed by atoms with E-state index in [9.17, 15) is 9.18 Å². The Morgan fingerprint density at radius 2 is 2.21 bits per heavy atom. The van der Waals surface area contributed by atoms with Crippen molar-refractivity contribution < 1.29 is 9.18 Å². The number of Topliss-reactive ketones (excluding diaryl/α,β-unsaturated/α-hetero) is 1.